The monoisotopic (exact) mass is 514 g/mol. The number of oxazole rings is 1. The van der Waals surface area contributed by atoms with E-state index in [1.54, 1.807) is 18.0 Å². The Morgan fingerprint density at radius 1 is 1.22 bits per heavy atom. The molecule has 2 aromatic heterocycles. The smallest absolute Gasteiger partial charge is 0.408 e. The van der Waals surface area contributed by atoms with Crippen molar-refractivity contribution < 1.29 is 22.4 Å². The van der Waals surface area contributed by atoms with E-state index in [4.69, 9.17) is 4.42 Å². The van der Waals surface area contributed by atoms with Gasteiger partial charge in [0.15, 0.2) is 5.58 Å². The first-order valence-corrected chi connectivity index (χ1v) is 12.8. The van der Waals surface area contributed by atoms with Crippen LogP contribution in [0.25, 0.3) is 11.1 Å². The fourth-order valence-electron chi connectivity index (χ4n) is 6.02. The summed E-state index contributed by atoms with van der Waals surface area (Å²) >= 11 is 0. The molecule has 1 atom stereocenters. The van der Waals surface area contributed by atoms with Crippen LogP contribution < -0.4 is 5.76 Å². The van der Waals surface area contributed by atoms with Gasteiger partial charge in [-0.3, -0.25) is 19.2 Å². The summed E-state index contributed by atoms with van der Waals surface area (Å²) in [4.78, 5) is 33.9. The molecule has 1 unspecified atom stereocenters. The van der Waals surface area contributed by atoms with E-state index in [1.165, 1.54) is 4.57 Å². The van der Waals surface area contributed by atoms with Crippen molar-refractivity contribution in [3.8, 4) is 0 Å². The van der Waals surface area contributed by atoms with Gasteiger partial charge in [0.05, 0.1) is 16.5 Å². The van der Waals surface area contributed by atoms with Gasteiger partial charge in [-0.2, -0.15) is 13.2 Å². The Morgan fingerprint density at radius 2 is 2.03 bits per heavy atom. The minimum absolute atomic E-state index is 0.0534. The Kier molecular flexibility index (Phi) is 5.70. The maximum atomic E-state index is 14.0. The second-order valence-corrected chi connectivity index (χ2v) is 10.9. The van der Waals surface area contributed by atoms with Crippen molar-refractivity contribution in [2.75, 3.05) is 19.6 Å². The molecule has 0 N–H and O–H groups in total. The first kappa shape index (κ1) is 24.2. The number of nitrogens with zero attached hydrogens (tertiary/aromatic N) is 4. The highest BCUT2D eigenvalue weighted by molar-refractivity contribution is 5.84. The van der Waals surface area contributed by atoms with Crippen molar-refractivity contribution in [2.45, 2.75) is 51.4 Å². The first-order valence-electron chi connectivity index (χ1n) is 12.8. The molecule has 1 aliphatic carbocycles. The summed E-state index contributed by atoms with van der Waals surface area (Å²) < 4.78 is 46.5. The van der Waals surface area contributed by atoms with Gasteiger partial charge in [0, 0.05) is 51.5 Å². The van der Waals surface area contributed by atoms with Gasteiger partial charge < -0.3 is 9.32 Å². The highest BCUT2D eigenvalue weighted by atomic mass is 19.4. The van der Waals surface area contributed by atoms with Gasteiger partial charge in [-0.15, -0.1) is 0 Å². The molecule has 1 saturated carbocycles. The van der Waals surface area contributed by atoms with Crippen molar-refractivity contribution in [1.29, 1.82) is 0 Å². The number of carbonyl (C=O) groups excluding carboxylic acids is 1. The summed E-state index contributed by atoms with van der Waals surface area (Å²) in [5, 5.41) is 0. The van der Waals surface area contributed by atoms with Gasteiger partial charge in [-0.05, 0) is 54.6 Å². The second-order valence-electron chi connectivity index (χ2n) is 10.9. The molecule has 1 saturated heterocycles. The Morgan fingerprint density at radius 3 is 2.78 bits per heavy atom. The normalized spacial score (nSPS) is 22.5. The quantitative estimate of drug-likeness (QED) is 0.512. The van der Waals surface area contributed by atoms with Crippen LogP contribution in [-0.2, 0) is 37.5 Å². The van der Waals surface area contributed by atoms with E-state index in [9.17, 15) is 22.8 Å². The van der Waals surface area contributed by atoms with Gasteiger partial charge in [-0.1, -0.05) is 18.9 Å². The minimum atomic E-state index is -4.46. The van der Waals surface area contributed by atoms with Gasteiger partial charge in [0.2, 0.25) is 5.91 Å². The highest BCUT2D eigenvalue weighted by Gasteiger charge is 2.49. The molecule has 3 aromatic rings. The zero-order chi connectivity index (χ0) is 25.9. The molecule has 3 aliphatic rings. The lowest BCUT2D eigenvalue weighted by atomic mass is 9.79. The average molecular weight is 515 g/mol. The van der Waals surface area contributed by atoms with Crippen LogP contribution >= 0.6 is 0 Å². The number of carbonyl (C=O) groups is 1. The van der Waals surface area contributed by atoms with E-state index in [2.05, 4.69) is 9.88 Å². The van der Waals surface area contributed by atoms with Crippen LogP contribution in [0, 0.1) is 11.3 Å². The van der Waals surface area contributed by atoms with E-state index in [-0.39, 0.29) is 12.5 Å². The third-order valence-corrected chi connectivity index (χ3v) is 8.18. The predicted octanol–water partition coefficient (Wildman–Crippen LogP) is 4.12. The third-order valence-electron chi connectivity index (χ3n) is 8.18. The zero-order valence-corrected chi connectivity index (χ0v) is 20.7. The number of likely N-dealkylation sites (tertiary alicyclic amines) is 1. The third kappa shape index (κ3) is 4.56. The second kappa shape index (κ2) is 8.72. The molecule has 7 nitrogen and oxygen atoms in total. The van der Waals surface area contributed by atoms with E-state index in [1.807, 2.05) is 12.1 Å². The predicted molar refractivity (Wildman–Crippen MR) is 129 cm³/mol. The van der Waals surface area contributed by atoms with Crippen LogP contribution in [0.3, 0.4) is 0 Å². The molecule has 2 fully saturated rings. The number of hydrogen-bond acceptors (Lipinski definition) is 5. The number of aryl methyl sites for hydroxylation is 1. The standard InChI is InChI=1S/C27H29F3N4O3/c1-32-22-10-18(4-5-23(22)37-25(32)36)14-33-9-7-26(16-33,12-17-2-3-17)24(35)34-8-6-21-19(15-34)11-20(13-31-21)27(28,29)30/h4-5,10-11,13,17H,2-3,6-9,12,14-16H2,1H3. The molecule has 6 rings (SSSR count). The number of hydrogen-bond donors (Lipinski definition) is 0. The number of alkyl halides is 3. The molecule has 0 bridgehead atoms. The zero-order valence-electron chi connectivity index (χ0n) is 20.7. The Balaban J connectivity index is 1.21. The summed E-state index contributed by atoms with van der Waals surface area (Å²) in [7, 11) is 1.68. The molecule has 37 heavy (non-hydrogen) atoms. The molecule has 0 radical (unpaired) electrons. The summed E-state index contributed by atoms with van der Waals surface area (Å²) in [6.45, 7) is 2.68. The Bertz CT molecular complexity index is 1420. The van der Waals surface area contributed by atoms with Crippen LogP contribution in [0.2, 0.25) is 0 Å². The molecule has 196 valence electrons. The van der Waals surface area contributed by atoms with Crippen molar-refractivity contribution >= 4 is 17.0 Å². The number of aromatic nitrogens is 2. The summed E-state index contributed by atoms with van der Waals surface area (Å²) in [5.41, 5.74) is 2.16. The fraction of sp³-hybridized carbons (Fsp3) is 0.519. The number of benzene rings is 1. The van der Waals surface area contributed by atoms with E-state index < -0.39 is 22.9 Å². The maximum absolute atomic E-state index is 14.0. The van der Waals surface area contributed by atoms with Crippen LogP contribution in [0.1, 0.15) is 48.1 Å². The number of amides is 1. The maximum Gasteiger partial charge on any atom is 0.419 e. The molecule has 2 aliphatic heterocycles. The van der Waals surface area contributed by atoms with E-state index in [0.29, 0.717) is 48.8 Å². The summed E-state index contributed by atoms with van der Waals surface area (Å²) in [5.74, 6) is 0.192. The van der Waals surface area contributed by atoms with Crippen LogP contribution in [0.15, 0.2) is 39.7 Å². The van der Waals surface area contributed by atoms with Crippen molar-refractivity contribution in [1.82, 2.24) is 19.4 Å². The first-order chi connectivity index (χ1) is 17.6. The number of fused-ring (bicyclic) bond motifs is 2. The Labute approximate surface area is 211 Å². The highest BCUT2D eigenvalue weighted by Crippen LogP contribution is 2.47. The van der Waals surface area contributed by atoms with Crippen molar-refractivity contribution in [3.05, 3.63) is 63.4 Å². The van der Waals surface area contributed by atoms with Gasteiger partial charge >= 0.3 is 11.9 Å². The summed E-state index contributed by atoms with van der Waals surface area (Å²) in [6, 6.07) is 6.85. The lowest BCUT2D eigenvalue weighted by Crippen LogP contribution is -2.47. The lowest BCUT2D eigenvalue weighted by Gasteiger charge is -2.37. The van der Waals surface area contributed by atoms with Crippen LogP contribution in [0.5, 0.6) is 0 Å². The summed E-state index contributed by atoms with van der Waals surface area (Å²) in [6.07, 6.45) is 0.703. The van der Waals surface area contributed by atoms with E-state index >= 15 is 0 Å². The van der Waals surface area contributed by atoms with E-state index in [0.717, 1.165) is 55.6 Å². The number of pyridine rings is 1. The lowest BCUT2D eigenvalue weighted by molar-refractivity contribution is -0.143. The SMILES string of the molecule is Cn1c(=O)oc2ccc(CN3CCC(CC4CC4)(C(=O)N4CCc5ncc(C(F)(F)F)cc5C4)C3)cc21. The molecule has 0 spiro atoms. The average Bonchev–Trinajstić information content (AvgIpc) is 3.52. The van der Waals surface area contributed by atoms with Crippen LogP contribution in [0.4, 0.5) is 13.2 Å². The van der Waals surface area contributed by atoms with Crippen molar-refractivity contribution in [2.24, 2.45) is 18.4 Å². The molecule has 1 amide bonds. The molecular weight excluding hydrogens is 485 g/mol. The van der Waals surface area contributed by atoms with Gasteiger partial charge in [-0.25, -0.2) is 4.79 Å². The van der Waals surface area contributed by atoms with Crippen molar-refractivity contribution in [3.63, 3.8) is 0 Å². The van der Waals surface area contributed by atoms with Crippen LogP contribution in [-0.4, -0.2) is 44.9 Å². The molecule has 10 heteroatoms. The number of halogens is 3. The fourth-order valence-corrected chi connectivity index (χ4v) is 6.02. The molecule has 4 heterocycles. The Hall–Kier alpha value is -3.14. The van der Waals surface area contributed by atoms with Gasteiger partial charge in [0.25, 0.3) is 0 Å². The molecule has 1 aromatic carbocycles. The number of rotatable bonds is 5. The largest absolute Gasteiger partial charge is 0.419 e. The minimum Gasteiger partial charge on any atom is -0.408 e. The molecular formula is C27H29F3N4O3. The van der Waals surface area contributed by atoms with Gasteiger partial charge in [0.1, 0.15) is 0 Å². The topological polar surface area (TPSA) is 71.6 Å².